The minimum atomic E-state index is -0.0974. The normalized spacial score (nSPS) is 17.5. The topological polar surface area (TPSA) is 49.0 Å². The Morgan fingerprint density at radius 1 is 1.27 bits per heavy atom. The van der Waals surface area contributed by atoms with E-state index in [4.69, 9.17) is 0 Å². The highest BCUT2D eigenvalue weighted by Crippen LogP contribution is 2.25. The van der Waals surface area contributed by atoms with Crippen molar-refractivity contribution >= 4 is 28.7 Å². The molecule has 1 amide bonds. The van der Waals surface area contributed by atoms with Crippen LogP contribution in [0.3, 0.4) is 0 Å². The Hall–Kier alpha value is -1.49. The maximum Gasteiger partial charge on any atom is 0.235 e. The predicted molar refractivity (Wildman–Crippen MR) is 91.2 cm³/mol. The lowest BCUT2D eigenvalue weighted by atomic mass is 10.2. The number of aromatic nitrogens is 2. The Balaban J connectivity index is 1.68. The molecule has 0 saturated carbocycles. The van der Waals surface area contributed by atoms with Crippen LogP contribution in [0.5, 0.6) is 0 Å². The number of aromatic amines is 1. The number of hydrogen-bond donors (Lipinski definition) is 1. The van der Waals surface area contributed by atoms with Crippen LogP contribution in [0.15, 0.2) is 23.4 Å². The Morgan fingerprint density at radius 3 is 2.73 bits per heavy atom. The van der Waals surface area contributed by atoms with Crippen molar-refractivity contribution in [2.24, 2.45) is 0 Å². The van der Waals surface area contributed by atoms with E-state index in [9.17, 15) is 4.79 Å². The van der Waals surface area contributed by atoms with Crippen LogP contribution in [0, 0.1) is 6.92 Å². The summed E-state index contributed by atoms with van der Waals surface area (Å²) in [6, 6.07) is 6.17. The minimum absolute atomic E-state index is 0.0974. The third kappa shape index (κ3) is 3.46. The number of thioether (sulfide) groups is 1. The summed E-state index contributed by atoms with van der Waals surface area (Å²) in [5.41, 5.74) is 3.21. The van der Waals surface area contributed by atoms with Gasteiger partial charge >= 0.3 is 0 Å². The number of likely N-dealkylation sites (tertiary alicyclic amines) is 1. The van der Waals surface area contributed by atoms with Crippen LogP contribution in [-0.2, 0) is 4.79 Å². The zero-order valence-corrected chi connectivity index (χ0v) is 14.1. The molecule has 2 heterocycles. The van der Waals surface area contributed by atoms with Gasteiger partial charge in [-0.1, -0.05) is 30.7 Å². The molecule has 0 bridgehead atoms. The first kappa shape index (κ1) is 15.4. The molecule has 3 rings (SSSR count). The number of benzene rings is 1. The fourth-order valence-electron chi connectivity index (χ4n) is 2.92. The van der Waals surface area contributed by atoms with Crippen LogP contribution >= 0.6 is 11.8 Å². The van der Waals surface area contributed by atoms with E-state index < -0.39 is 0 Å². The van der Waals surface area contributed by atoms with Gasteiger partial charge in [-0.05, 0) is 44.4 Å². The molecule has 22 heavy (non-hydrogen) atoms. The number of aryl methyl sites for hydroxylation is 1. The molecule has 118 valence electrons. The summed E-state index contributed by atoms with van der Waals surface area (Å²) < 4.78 is 0. The molecular weight excluding hydrogens is 294 g/mol. The lowest BCUT2D eigenvalue weighted by Gasteiger charge is -2.23. The van der Waals surface area contributed by atoms with Gasteiger partial charge in [0.05, 0.1) is 16.3 Å². The summed E-state index contributed by atoms with van der Waals surface area (Å²) in [5, 5.41) is 0.732. The molecule has 0 radical (unpaired) electrons. The molecular formula is C17H23N3OS. The quantitative estimate of drug-likeness (QED) is 0.877. The number of carbonyl (C=O) groups excluding carboxylic acids is 1. The average molecular weight is 317 g/mol. The van der Waals surface area contributed by atoms with Crippen molar-refractivity contribution in [1.29, 1.82) is 0 Å². The fourth-order valence-corrected chi connectivity index (χ4v) is 3.83. The minimum Gasteiger partial charge on any atom is -0.342 e. The zero-order chi connectivity index (χ0) is 15.5. The molecule has 1 aromatic heterocycles. The zero-order valence-electron chi connectivity index (χ0n) is 13.3. The summed E-state index contributed by atoms with van der Waals surface area (Å²) in [4.78, 5) is 22.5. The number of rotatable bonds is 3. The van der Waals surface area contributed by atoms with Gasteiger partial charge in [0.1, 0.15) is 0 Å². The second-order valence-corrected chi connectivity index (χ2v) is 7.39. The summed E-state index contributed by atoms with van der Waals surface area (Å²) in [6.45, 7) is 5.86. The van der Waals surface area contributed by atoms with Crippen LogP contribution in [0.2, 0.25) is 0 Å². The van der Waals surface area contributed by atoms with Crippen molar-refractivity contribution in [3.05, 3.63) is 23.8 Å². The fraction of sp³-hybridized carbons (Fsp3) is 0.529. The smallest absolute Gasteiger partial charge is 0.235 e. The molecule has 1 atom stereocenters. The number of nitrogens with zero attached hydrogens (tertiary/aromatic N) is 2. The van der Waals surface area contributed by atoms with E-state index in [0.29, 0.717) is 0 Å². The molecule has 1 aliphatic rings. The Labute approximate surface area is 135 Å². The van der Waals surface area contributed by atoms with Crippen LogP contribution in [0.4, 0.5) is 0 Å². The highest BCUT2D eigenvalue weighted by atomic mass is 32.2. The highest BCUT2D eigenvalue weighted by molar-refractivity contribution is 8.00. The number of H-pyrrole nitrogens is 1. The second-order valence-electron chi connectivity index (χ2n) is 6.06. The Bertz CT molecular complexity index is 659. The van der Waals surface area contributed by atoms with Crippen LogP contribution < -0.4 is 0 Å². The molecule has 4 nitrogen and oxygen atoms in total. The van der Waals surface area contributed by atoms with Gasteiger partial charge in [0.2, 0.25) is 5.91 Å². The maximum absolute atomic E-state index is 12.6. The van der Waals surface area contributed by atoms with Crippen molar-refractivity contribution in [3.8, 4) is 0 Å². The van der Waals surface area contributed by atoms with Crippen molar-refractivity contribution in [1.82, 2.24) is 14.9 Å². The summed E-state index contributed by atoms with van der Waals surface area (Å²) in [5.74, 6) is 0.239. The summed E-state index contributed by atoms with van der Waals surface area (Å²) in [6.07, 6.45) is 4.75. The first-order chi connectivity index (χ1) is 10.6. The molecule has 1 fully saturated rings. The third-order valence-electron chi connectivity index (χ3n) is 4.17. The lowest BCUT2D eigenvalue weighted by molar-refractivity contribution is -0.130. The van der Waals surface area contributed by atoms with Gasteiger partial charge in [0.25, 0.3) is 0 Å². The van der Waals surface area contributed by atoms with Gasteiger partial charge in [0.15, 0.2) is 5.16 Å². The molecule has 0 spiro atoms. The second kappa shape index (κ2) is 6.73. The molecule has 1 aliphatic heterocycles. The van der Waals surface area contributed by atoms with Crippen LogP contribution in [0.1, 0.15) is 38.2 Å². The Kier molecular flexibility index (Phi) is 4.71. The molecule has 1 N–H and O–H groups in total. The number of fused-ring (bicyclic) bond motifs is 1. The van der Waals surface area contributed by atoms with Crippen molar-refractivity contribution in [2.75, 3.05) is 13.1 Å². The van der Waals surface area contributed by atoms with Crippen molar-refractivity contribution in [2.45, 2.75) is 49.9 Å². The van der Waals surface area contributed by atoms with Gasteiger partial charge < -0.3 is 9.88 Å². The SMILES string of the molecule is Cc1ccc2nc(S[C@H](C)C(=O)N3CCCCCC3)[nH]c2c1. The highest BCUT2D eigenvalue weighted by Gasteiger charge is 2.23. The molecule has 1 aromatic carbocycles. The first-order valence-corrected chi connectivity index (χ1v) is 8.93. The van der Waals surface area contributed by atoms with Gasteiger partial charge in [0, 0.05) is 13.1 Å². The van der Waals surface area contributed by atoms with E-state index in [1.54, 1.807) is 0 Å². The largest absolute Gasteiger partial charge is 0.342 e. The molecule has 1 saturated heterocycles. The summed E-state index contributed by atoms with van der Waals surface area (Å²) >= 11 is 1.53. The average Bonchev–Trinajstić information content (AvgIpc) is 2.72. The van der Waals surface area contributed by atoms with Crippen LogP contribution in [-0.4, -0.2) is 39.1 Å². The monoisotopic (exact) mass is 317 g/mol. The van der Waals surface area contributed by atoms with Crippen molar-refractivity contribution in [3.63, 3.8) is 0 Å². The molecule has 0 unspecified atom stereocenters. The number of amides is 1. The van der Waals surface area contributed by atoms with E-state index in [1.807, 2.05) is 17.9 Å². The molecule has 2 aromatic rings. The molecule has 5 heteroatoms. The number of imidazole rings is 1. The Morgan fingerprint density at radius 2 is 2.00 bits per heavy atom. The van der Waals surface area contributed by atoms with E-state index >= 15 is 0 Å². The number of nitrogens with one attached hydrogen (secondary N) is 1. The first-order valence-electron chi connectivity index (χ1n) is 8.05. The van der Waals surface area contributed by atoms with E-state index in [1.165, 1.54) is 30.2 Å². The summed E-state index contributed by atoms with van der Waals surface area (Å²) in [7, 11) is 0. The van der Waals surface area contributed by atoms with E-state index in [0.717, 1.165) is 42.1 Å². The number of hydrogen-bond acceptors (Lipinski definition) is 3. The third-order valence-corrected chi connectivity index (χ3v) is 5.14. The number of carbonyl (C=O) groups is 1. The van der Waals surface area contributed by atoms with Crippen LogP contribution in [0.25, 0.3) is 11.0 Å². The van der Waals surface area contributed by atoms with Gasteiger partial charge in [-0.3, -0.25) is 4.79 Å². The van der Waals surface area contributed by atoms with Gasteiger partial charge in [-0.2, -0.15) is 0 Å². The predicted octanol–water partition coefficient (Wildman–Crippen LogP) is 3.75. The van der Waals surface area contributed by atoms with E-state index in [2.05, 4.69) is 29.0 Å². The standard InChI is InChI=1S/C17H23N3OS/c1-12-7-8-14-15(11-12)19-17(18-14)22-13(2)16(21)20-9-5-3-4-6-10-20/h7-8,11,13H,3-6,9-10H2,1-2H3,(H,18,19)/t13-/m1/s1. The van der Waals surface area contributed by atoms with Gasteiger partial charge in [-0.25, -0.2) is 4.98 Å². The lowest BCUT2D eigenvalue weighted by Crippen LogP contribution is -2.37. The van der Waals surface area contributed by atoms with Crippen molar-refractivity contribution < 1.29 is 4.79 Å². The van der Waals surface area contributed by atoms with E-state index in [-0.39, 0.29) is 11.2 Å². The maximum atomic E-state index is 12.6. The van der Waals surface area contributed by atoms with Gasteiger partial charge in [-0.15, -0.1) is 0 Å². The molecule has 0 aliphatic carbocycles.